The van der Waals surface area contributed by atoms with Gasteiger partial charge in [0.05, 0.1) is 16.7 Å². The van der Waals surface area contributed by atoms with E-state index in [1.807, 2.05) is 6.92 Å². The molecule has 0 bridgehead atoms. The highest BCUT2D eigenvalue weighted by Crippen LogP contribution is 2.23. The topological polar surface area (TPSA) is 21.3 Å². The molecule has 7 heteroatoms. The number of halogens is 5. The van der Waals surface area contributed by atoms with Crippen molar-refractivity contribution in [3.8, 4) is 0 Å². The van der Waals surface area contributed by atoms with Crippen molar-refractivity contribution in [2.75, 3.05) is 19.8 Å². The van der Waals surface area contributed by atoms with E-state index in [4.69, 9.17) is 27.9 Å². The first kappa shape index (κ1) is 17.6. The van der Waals surface area contributed by atoms with Gasteiger partial charge < -0.3 is 10.1 Å². The molecule has 1 rings (SSSR count). The number of ether oxygens (including phenoxy) is 1. The van der Waals surface area contributed by atoms with Crippen LogP contribution in [-0.4, -0.2) is 32.0 Å². The van der Waals surface area contributed by atoms with E-state index in [-0.39, 0.29) is 12.6 Å². The highest BCUT2D eigenvalue weighted by molar-refractivity contribution is 6.42. The Morgan fingerprint density at radius 3 is 2.50 bits per heavy atom. The molecule has 0 fully saturated rings. The van der Waals surface area contributed by atoms with E-state index >= 15 is 0 Å². The second-order valence-electron chi connectivity index (χ2n) is 4.34. The molecule has 0 aliphatic rings. The van der Waals surface area contributed by atoms with Crippen molar-refractivity contribution in [3.63, 3.8) is 0 Å². The van der Waals surface area contributed by atoms with E-state index in [0.29, 0.717) is 23.0 Å². The zero-order chi connectivity index (χ0) is 15.2. The predicted molar refractivity (Wildman–Crippen MR) is 74.5 cm³/mol. The molecule has 0 heterocycles. The fraction of sp³-hybridized carbons (Fsp3) is 0.538. The standard InChI is InChI=1S/C13H16Cl2F3NO/c1-2-19-10(7-20-8-13(16,17)18)5-9-3-4-11(14)12(15)6-9/h3-4,6,10,19H,2,5,7-8H2,1H3. The van der Waals surface area contributed by atoms with Gasteiger partial charge in [-0.2, -0.15) is 13.2 Å². The van der Waals surface area contributed by atoms with Gasteiger partial charge in [0.2, 0.25) is 0 Å². The van der Waals surface area contributed by atoms with E-state index in [2.05, 4.69) is 5.32 Å². The van der Waals surface area contributed by atoms with Gasteiger partial charge in [0.25, 0.3) is 0 Å². The molecule has 0 saturated heterocycles. The Kier molecular flexibility index (Phi) is 7.09. The molecule has 0 aliphatic heterocycles. The summed E-state index contributed by atoms with van der Waals surface area (Å²) in [5.41, 5.74) is 0.890. The summed E-state index contributed by atoms with van der Waals surface area (Å²) in [6.45, 7) is 1.26. The monoisotopic (exact) mass is 329 g/mol. The van der Waals surface area contributed by atoms with Crippen LogP contribution in [0.3, 0.4) is 0 Å². The molecule has 1 aromatic carbocycles. The van der Waals surface area contributed by atoms with Gasteiger partial charge in [-0.15, -0.1) is 0 Å². The van der Waals surface area contributed by atoms with Gasteiger partial charge in [-0.05, 0) is 30.7 Å². The second kappa shape index (κ2) is 8.08. The van der Waals surface area contributed by atoms with E-state index in [0.717, 1.165) is 5.56 Å². The van der Waals surface area contributed by atoms with Gasteiger partial charge in [-0.3, -0.25) is 0 Å². The maximum atomic E-state index is 12.0. The van der Waals surface area contributed by atoms with Crippen LogP contribution in [0.15, 0.2) is 18.2 Å². The Bertz CT molecular complexity index is 427. The molecule has 0 aliphatic carbocycles. The highest BCUT2D eigenvalue weighted by Gasteiger charge is 2.27. The molecule has 0 saturated carbocycles. The number of rotatable bonds is 7. The van der Waals surface area contributed by atoms with E-state index < -0.39 is 12.8 Å². The van der Waals surface area contributed by atoms with Crippen LogP contribution in [0.1, 0.15) is 12.5 Å². The third-order valence-electron chi connectivity index (χ3n) is 2.54. The molecule has 1 aromatic rings. The third-order valence-corrected chi connectivity index (χ3v) is 3.28. The fourth-order valence-corrected chi connectivity index (χ4v) is 2.07. The lowest BCUT2D eigenvalue weighted by Gasteiger charge is -2.19. The van der Waals surface area contributed by atoms with Crippen LogP contribution in [0.2, 0.25) is 10.0 Å². The Hall–Kier alpha value is -0.490. The van der Waals surface area contributed by atoms with Gasteiger partial charge in [0.15, 0.2) is 0 Å². The molecule has 0 amide bonds. The minimum atomic E-state index is -4.31. The third kappa shape index (κ3) is 6.79. The quantitative estimate of drug-likeness (QED) is 0.813. The van der Waals surface area contributed by atoms with Gasteiger partial charge in [0.1, 0.15) is 6.61 Å². The maximum absolute atomic E-state index is 12.0. The summed E-state index contributed by atoms with van der Waals surface area (Å²) in [4.78, 5) is 0. The molecule has 0 aromatic heterocycles. The number of likely N-dealkylation sites (N-methyl/N-ethyl adjacent to an activating group) is 1. The lowest BCUT2D eigenvalue weighted by atomic mass is 10.1. The average Bonchev–Trinajstić information content (AvgIpc) is 2.32. The van der Waals surface area contributed by atoms with Crippen molar-refractivity contribution < 1.29 is 17.9 Å². The van der Waals surface area contributed by atoms with Crippen LogP contribution in [0.4, 0.5) is 13.2 Å². The molecule has 0 spiro atoms. The van der Waals surface area contributed by atoms with Crippen molar-refractivity contribution >= 4 is 23.2 Å². The van der Waals surface area contributed by atoms with Crippen LogP contribution in [-0.2, 0) is 11.2 Å². The first-order valence-electron chi connectivity index (χ1n) is 6.13. The number of alkyl halides is 3. The van der Waals surface area contributed by atoms with Gasteiger partial charge in [-0.1, -0.05) is 36.2 Å². The van der Waals surface area contributed by atoms with Gasteiger partial charge >= 0.3 is 6.18 Å². The first-order valence-corrected chi connectivity index (χ1v) is 6.89. The summed E-state index contributed by atoms with van der Waals surface area (Å²) in [6, 6.07) is 4.96. The molecule has 1 N–H and O–H groups in total. The average molecular weight is 330 g/mol. The Balaban J connectivity index is 2.55. The van der Waals surface area contributed by atoms with Crippen molar-refractivity contribution in [2.24, 2.45) is 0 Å². The van der Waals surface area contributed by atoms with Crippen molar-refractivity contribution in [3.05, 3.63) is 33.8 Å². The predicted octanol–water partition coefficient (Wildman–Crippen LogP) is 4.09. The summed E-state index contributed by atoms with van der Waals surface area (Å²) in [6.07, 6.45) is -3.79. The largest absolute Gasteiger partial charge is 0.411 e. The van der Waals surface area contributed by atoms with E-state index in [1.54, 1.807) is 18.2 Å². The number of hydrogen-bond donors (Lipinski definition) is 1. The molecule has 0 radical (unpaired) electrons. The zero-order valence-electron chi connectivity index (χ0n) is 10.9. The van der Waals surface area contributed by atoms with Crippen molar-refractivity contribution in [2.45, 2.75) is 25.6 Å². The zero-order valence-corrected chi connectivity index (χ0v) is 12.4. The molecule has 1 unspecified atom stereocenters. The van der Waals surface area contributed by atoms with E-state index in [9.17, 15) is 13.2 Å². The van der Waals surface area contributed by atoms with Crippen LogP contribution < -0.4 is 5.32 Å². The summed E-state index contributed by atoms with van der Waals surface area (Å²) in [5, 5.41) is 3.96. The molecule has 114 valence electrons. The number of benzene rings is 1. The first-order chi connectivity index (χ1) is 9.31. The minimum absolute atomic E-state index is 0.0202. The number of nitrogens with one attached hydrogen (secondary N) is 1. The number of hydrogen-bond acceptors (Lipinski definition) is 2. The van der Waals surface area contributed by atoms with Gasteiger partial charge in [-0.25, -0.2) is 0 Å². The van der Waals surface area contributed by atoms with Crippen molar-refractivity contribution in [1.29, 1.82) is 0 Å². The Morgan fingerprint density at radius 2 is 1.95 bits per heavy atom. The van der Waals surface area contributed by atoms with Crippen LogP contribution in [0, 0.1) is 0 Å². The van der Waals surface area contributed by atoms with Crippen LogP contribution in [0.5, 0.6) is 0 Å². The molecular formula is C13H16Cl2F3NO. The second-order valence-corrected chi connectivity index (χ2v) is 5.15. The minimum Gasteiger partial charge on any atom is -0.370 e. The smallest absolute Gasteiger partial charge is 0.370 e. The Labute approximate surface area is 126 Å². The maximum Gasteiger partial charge on any atom is 0.411 e. The lowest BCUT2D eigenvalue weighted by molar-refractivity contribution is -0.175. The Morgan fingerprint density at radius 1 is 1.25 bits per heavy atom. The van der Waals surface area contributed by atoms with Crippen molar-refractivity contribution in [1.82, 2.24) is 5.32 Å². The SMILES string of the molecule is CCNC(COCC(F)(F)F)Cc1ccc(Cl)c(Cl)c1. The molecule has 1 atom stereocenters. The highest BCUT2D eigenvalue weighted by atomic mass is 35.5. The van der Waals surface area contributed by atoms with Gasteiger partial charge in [0, 0.05) is 6.04 Å². The fourth-order valence-electron chi connectivity index (χ4n) is 1.75. The summed E-state index contributed by atoms with van der Waals surface area (Å²) in [7, 11) is 0. The lowest BCUT2D eigenvalue weighted by Crippen LogP contribution is -2.36. The summed E-state index contributed by atoms with van der Waals surface area (Å²) >= 11 is 11.7. The molecule has 2 nitrogen and oxygen atoms in total. The summed E-state index contributed by atoms with van der Waals surface area (Å²) in [5.74, 6) is 0. The van der Waals surface area contributed by atoms with E-state index in [1.165, 1.54) is 0 Å². The molecule has 20 heavy (non-hydrogen) atoms. The van der Waals surface area contributed by atoms with Crippen LogP contribution in [0.25, 0.3) is 0 Å². The normalized spacial score (nSPS) is 13.5. The molecular weight excluding hydrogens is 314 g/mol. The summed E-state index contributed by atoms with van der Waals surface area (Å²) < 4.78 is 40.8. The van der Waals surface area contributed by atoms with Crippen LogP contribution >= 0.6 is 23.2 Å².